The fraction of sp³-hybridized carbons (Fsp3) is 0.450. The second-order valence-electron chi connectivity index (χ2n) is 6.84. The van der Waals surface area contributed by atoms with Gasteiger partial charge < -0.3 is 15.1 Å². The molecule has 2 aromatic rings. The van der Waals surface area contributed by atoms with Crippen molar-refractivity contribution in [2.45, 2.75) is 32.7 Å². The van der Waals surface area contributed by atoms with E-state index in [1.54, 1.807) is 17.3 Å². The predicted molar refractivity (Wildman–Crippen MR) is 112 cm³/mol. The average Bonchev–Trinajstić information content (AvgIpc) is 2.69. The van der Waals surface area contributed by atoms with Crippen molar-refractivity contribution in [3.05, 3.63) is 47.4 Å². The largest absolute Gasteiger partial charge is 0.388 e. The second kappa shape index (κ2) is 10.1. The monoisotopic (exact) mass is 389 g/mol. The first-order valence-electron chi connectivity index (χ1n) is 9.16. The lowest BCUT2D eigenvalue weighted by atomic mass is 10.0. The lowest BCUT2D eigenvalue weighted by Gasteiger charge is -2.38. The normalized spacial score (nSPS) is 16.6. The maximum absolute atomic E-state index is 10.7. The summed E-state index contributed by atoms with van der Waals surface area (Å²) in [5, 5.41) is 3.50. The number of hydrogen-bond acceptors (Lipinski definition) is 5. The van der Waals surface area contributed by atoms with E-state index in [4.69, 9.17) is 11.6 Å². The van der Waals surface area contributed by atoms with Crippen LogP contribution < -0.4 is 10.2 Å². The molecule has 6 nitrogen and oxygen atoms in total. The van der Waals surface area contributed by atoms with Crippen LogP contribution in [0.1, 0.15) is 32.3 Å². The van der Waals surface area contributed by atoms with Gasteiger partial charge in [0, 0.05) is 50.8 Å². The van der Waals surface area contributed by atoms with E-state index in [0.717, 1.165) is 19.5 Å². The number of anilines is 2. The third-order valence-corrected chi connectivity index (χ3v) is 4.88. The molecular formula is C20H28ClN5O. The molecular weight excluding hydrogens is 362 g/mol. The van der Waals surface area contributed by atoms with Gasteiger partial charge in [0.2, 0.25) is 6.41 Å². The first-order valence-corrected chi connectivity index (χ1v) is 9.54. The molecule has 1 atom stereocenters. The topological polar surface area (TPSA) is 61.4 Å². The van der Waals surface area contributed by atoms with E-state index in [2.05, 4.69) is 58.3 Å². The summed E-state index contributed by atoms with van der Waals surface area (Å²) >= 11 is 5.98. The van der Waals surface area contributed by atoms with Gasteiger partial charge in [0.15, 0.2) is 11.0 Å². The zero-order chi connectivity index (χ0) is 19.8. The van der Waals surface area contributed by atoms with Gasteiger partial charge in [-0.1, -0.05) is 37.6 Å². The van der Waals surface area contributed by atoms with Crippen molar-refractivity contribution < 1.29 is 4.79 Å². The van der Waals surface area contributed by atoms with Crippen molar-refractivity contribution >= 4 is 29.5 Å². The third kappa shape index (κ3) is 5.82. The van der Waals surface area contributed by atoms with Gasteiger partial charge in [0.05, 0.1) is 0 Å². The van der Waals surface area contributed by atoms with Crippen LogP contribution in [0.2, 0.25) is 5.15 Å². The molecule has 1 saturated heterocycles. The predicted octanol–water partition coefficient (Wildman–Crippen LogP) is 3.65. The molecule has 1 unspecified atom stereocenters. The Kier molecular flexibility index (Phi) is 7.85. The zero-order valence-corrected chi connectivity index (χ0v) is 17.1. The quantitative estimate of drug-likeness (QED) is 0.809. The Morgan fingerprint density at radius 1 is 1.19 bits per heavy atom. The summed E-state index contributed by atoms with van der Waals surface area (Å²) in [6.07, 6.45) is 4.08. The number of nitrogens with zero attached hydrogens (tertiary/aromatic N) is 4. The molecule has 1 aliphatic rings. The molecule has 0 spiro atoms. The maximum Gasteiger partial charge on any atom is 0.210 e. The van der Waals surface area contributed by atoms with Crippen molar-refractivity contribution in [1.29, 1.82) is 0 Å². The van der Waals surface area contributed by atoms with Crippen molar-refractivity contribution in [1.82, 2.24) is 14.9 Å². The number of benzene rings is 1. The van der Waals surface area contributed by atoms with E-state index < -0.39 is 0 Å². The lowest BCUT2D eigenvalue weighted by Crippen LogP contribution is -2.51. The van der Waals surface area contributed by atoms with Crippen LogP contribution in [0.5, 0.6) is 0 Å². The minimum atomic E-state index is 0.171. The fourth-order valence-corrected chi connectivity index (χ4v) is 3.11. The first-order chi connectivity index (χ1) is 13.0. The molecule has 27 heavy (non-hydrogen) atoms. The highest BCUT2D eigenvalue weighted by atomic mass is 35.5. The van der Waals surface area contributed by atoms with Gasteiger partial charge in [-0.2, -0.15) is 0 Å². The molecule has 1 aliphatic heterocycles. The fourth-order valence-electron chi connectivity index (χ4n) is 2.88. The van der Waals surface area contributed by atoms with Crippen molar-refractivity contribution in [3.8, 4) is 0 Å². The Bertz CT molecular complexity index is 723. The Morgan fingerprint density at radius 3 is 2.37 bits per heavy atom. The van der Waals surface area contributed by atoms with Crippen LogP contribution in [0.4, 0.5) is 11.5 Å². The van der Waals surface area contributed by atoms with Crippen LogP contribution in [-0.4, -0.2) is 54.0 Å². The molecule has 3 rings (SSSR count). The number of amides is 1. The van der Waals surface area contributed by atoms with E-state index in [1.165, 1.54) is 11.3 Å². The molecule has 0 aliphatic carbocycles. The number of rotatable bonds is 4. The van der Waals surface area contributed by atoms with Crippen LogP contribution in [0, 0.1) is 0 Å². The summed E-state index contributed by atoms with van der Waals surface area (Å²) in [5.74, 6) is 1.32. The zero-order valence-electron chi connectivity index (χ0n) is 16.4. The van der Waals surface area contributed by atoms with Crippen molar-refractivity contribution in [3.63, 3.8) is 0 Å². The summed E-state index contributed by atoms with van der Waals surface area (Å²) in [4.78, 5) is 22.8. The summed E-state index contributed by atoms with van der Waals surface area (Å²) in [7, 11) is 1.93. The lowest BCUT2D eigenvalue weighted by molar-refractivity contribution is -0.120. The number of hydrogen-bond donors (Lipinski definition) is 1. The Morgan fingerprint density at radius 2 is 1.85 bits per heavy atom. The van der Waals surface area contributed by atoms with Gasteiger partial charge in [0.1, 0.15) is 0 Å². The van der Waals surface area contributed by atoms with Crippen LogP contribution in [-0.2, 0) is 4.79 Å². The van der Waals surface area contributed by atoms with Gasteiger partial charge in [-0.3, -0.25) is 4.79 Å². The highest BCUT2D eigenvalue weighted by Crippen LogP contribution is 2.22. The Balaban J connectivity index is 0.000000208. The summed E-state index contributed by atoms with van der Waals surface area (Å²) in [6.45, 7) is 8.57. The highest BCUT2D eigenvalue weighted by molar-refractivity contribution is 6.31. The molecule has 146 valence electrons. The average molecular weight is 390 g/mol. The number of halogens is 1. The van der Waals surface area contributed by atoms with Crippen LogP contribution in [0.3, 0.4) is 0 Å². The molecule has 0 bridgehead atoms. The highest BCUT2D eigenvalue weighted by Gasteiger charge is 2.24. The molecule has 1 N–H and O–H groups in total. The molecule has 1 fully saturated rings. The number of piperazine rings is 1. The van der Waals surface area contributed by atoms with Crippen LogP contribution in [0.15, 0.2) is 36.7 Å². The molecule has 0 radical (unpaired) electrons. The summed E-state index contributed by atoms with van der Waals surface area (Å²) in [6, 6.07) is 8.71. The molecule has 1 aromatic heterocycles. The number of carbonyl (C=O) groups is 1. The standard InChI is InChI=1S/C10H13ClN4O.C10H15N/c1-8-6-14(4-5-15(8)7-16)10-9(11)12-2-3-13-10;1-8(2)9-4-6-10(11-3)7-5-9/h2-3,7-8H,4-6H2,1H3;4-8,11H,1-3H3. The van der Waals surface area contributed by atoms with E-state index >= 15 is 0 Å². The van der Waals surface area contributed by atoms with Gasteiger partial charge in [0.25, 0.3) is 0 Å². The molecule has 0 saturated carbocycles. The van der Waals surface area contributed by atoms with Crippen molar-refractivity contribution in [2.75, 3.05) is 36.9 Å². The van der Waals surface area contributed by atoms with Gasteiger partial charge in [-0.15, -0.1) is 0 Å². The van der Waals surface area contributed by atoms with Crippen molar-refractivity contribution in [2.24, 2.45) is 0 Å². The van der Waals surface area contributed by atoms with Crippen LogP contribution >= 0.6 is 11.6 Å². The minimum Gasteiger partial charge on any atom is -0.388 e. The first kappa shape index (κ1) is 21.0. The van der Waals surface area contributed by atoms with Gasteiger partial charge in [-0.05, 0) is 30.5 Å². The molecule has 7 heteroatoms. The molecule has 2 heterocycles. The SMILES string of the molecule is CC1CN(c2nccnc2Cl)CCN1C=O.CNc1ccc(C(C)C)cc1. The Labute approximate surface area is 166 Å². The Hall–Kier alpha value is -2.34. The summed E-state index contributed by atoms with van der Waals surface area (Å²) < 4.78 is 0. The summed E-state index contributed by atoms with van der Waals surface area (Å²) in [5.41, 5.74) is 2.57. The number of carbonyl (C=O) groups excluding carboxylic acids is 1. The van der Waals surface area contributed by atoms with Gasteiger partial charge in [-0.25, -0.2) is 9.97 Å². The smallest absolute Gasteiger partial charge is 0.210 e. The molecule has 1 amide bonds. The second-order valence-corrected chi connectivity index (χ2v) is 7.19. The number of aromatic nitrogens is 2. The third-order valence-electron chi connectivity index (χ3n) is 4.62. The molecule has 1 aromatic carbocycles. The van der Waals surface area contributed by atoms with E-state index in [1.807, 2.05) is 14.0 Å². The van der Waals surface area contributed by atoms with E-state index in [-0.39, 0.29) is 6.04 Å². The maximum atomic E-state index is 10.7. The van der Waals surface area contributed by atoms with E-state index in [9.17, 15) is 4.79 Å². The van der Waals surface area contributed by atoms with Crippen LogP contribution in [0.25, 0.3) is 0 Å². The number of nitrogens with one attached hydrogen (secondary N) is 1. The minimum absolute atomic E-state index is 0.171. The van der Waals surface area contributed by atoms with E-state index in [0.29, 0.717) is 23.4 Å². The van der Waals surface area contributed by atoms with Gasteiger partial charge >= 0.3 is 0 Å².